The maximum Gasteiger partial charge on any atom is 0.416 e. The zero-order valence-electron chi connectivity index (χ0n) is 22.0. The number of alkyl halides is 3. The zero-order chi connectivity index (χ0) is 29.7. The Morgan fingerprint density at radius 1 is 1.02 bits per heavy atom. The summed E-state index contributed by atoms with van der Waals surface area (Å²) in [4.78, 5) is 12.9. The van der Waals surface area contributed by atoms with Crippen molar-refractivity contribution < 1.29 is 35.9 Å². The first kappa shape index (κ1) is 29.3. The van der Waals surface area contributed by atoms with Crippen LogP contribution in [0.5, 0.6) is 0 Å². The molecule has 12 heteroatoms. The summed E-state index contributed by atoms with van der Waals surface area (Å²) in [6.45, 7) is 0.101. The summed E-state index contributed by atoms with van der Waals surface area (Å²) in [5, 5.41) is 9.41. The van der Waals surface area contributed by atoms with Crippen molar-refractivity contribution in [3.8, 4) is 11.1 Å². The minimum Gasteiger partial charge on any atom is -0.478 e. The zero-order valence-corrected chi connectivity index (χ0v) is 23.5. The minimum atomic E-state index is -4.61. The number of hydrogen-bond acceptors (Lipinski definition) is 4. The van der Waals surface area contributed by atoms with Crippen molar-refractivity contribution in [3.63, 3.8) is 0 Å². The molecule has 1 aliphatic carbocycles. The van der Waals surface area contributed by atoms with Crippen molar-refractivity contribution in [2.24, 2.45) is 5.92 Å². The van der Waals surface area contributed by atoms with Crippen LogP contribution in [0.3, 0.4) is 0 Å². The monoisotopic (exact) mass is 610 g/mol. The number of carboxylic acid groups (broad SMARTS) is 1. The fourth-order valence-corrected chi connectivity index (χ4v) is 7.70. The van der Waals surface area contributed by atoms with E-state index >= 15 is 0 Å². The average Bonchev–Trinajstić information content (AvgIpc) is 3.01. The van der Waals surface area contributed by atoms with E-state index in [-0.39, 0.29) is 44.9 Å². The van der Waals surface area contributed by atoms with Gasteiger partial charge in [0.1, 0.15) is 10.7 Å². The second-order valence-electron chi connectivity index (χ2n) is 10.4. The summed E-state index contributed by atoms with van der Waals surface area (Å²) in [5.41, 5.74) is -0.911. The first-order chi connectivity index (χ1) is 19.3. The van der Waals surface area contributed by atoms with Gasteiger partial charge in [0.05, 0.1) is 21.8 Å². The van der Waals surface area contributed by atoms with Crippen LogP contribution in [0.2, 0.25) is 5.02 Å². The van der Waals surface area contributed by atoms with Gasteiger partial charge in [0.2, 0.25) is 10.0 Å². The fraction of sp³-hybridized carbons (Fsp3) is 0.345. The fourth-order valence-electron chi connectivity index (χ4n) is 5.83. The van der Waals surface area contributed by atoms with Gasteiger partial charge in [-0.15, -0.1) is 0 Å². The number of sulfonamides is 1. The van der Waals surface area contributed by atoms with Gasteiger partial charge in [0.15, 0.2) is 0 Å². The van der Waals surface area contributed by atoms with E-state index in [4.69, 9.17) is 11.6 Å². The highest BCUT2D eigenvalue weighted by molar-refractivity contribution is 7.89. The maximum absolute atomic E-state index is 14.1. The number of benzene rings is 3. The van der Waals surface area contributed by atoms with Crippen molar-refractivity contribution in [2.75, 3.05) is 18.5 Å². The second-order valence-corrected chi connectivity index (χ2v) is 12.8. The molecule has 2 aliphatic rings. The molecule has 41 heavy (non-hydrogen) atoms. The maximum atomic E-state index is 14.1. The van der Waals surface area contributed by atoms with Gasteiger partial charge in [0, 0.05) is 30.9 Å². The van der Waals surface area contributed by atoms with Gasteiger partial charge in [-0.1, -0.05) is 43.0 Å². The largest absolute Gasteiger partial charge is 0.478 e. The normalized spacial score (nSPS) is 20.0. The van der Waals surface area contributed by atoms with Gasteiger partial charge in [-0.2, -0.15) is 17.5 Å². The number of likely N-dealkylation sites (N-methyl/N-ethyl adjacent to an activating group) is 1. The van der Waals surface area contributed by atoms with E-state index in [2.05, 4.69) is 0 Å². The van der Waals surface area contributed by atoms with Crippen molar-refractivity contribution in [3.05, 3.63) is 76.6 Å². The van der Waals surface area contributed by atoms with E-state index < -0.39 is 45.2 Å². The highest BCUT2D eigenvalue weighted by Gasteiger charge is 2.41. The van der Waals surface area contributed by atoms with Crippen LogP contribution < -0.4 is 4.90 Å². The molecule has 1 aliphatic heterocycles. The standard InChI is InChI=1S/C29H27ClF4N2O4S/c1-35-26(17-6-3-2-4-7-17)16-36(20-9-5-8-19(13-20)29(32,33)34)25-15-23(30)21(14-27(25)41(35,39)40)18-10-11-24(31)22(12-18)28(37)38/h5,8-15,17,26H,2-4,6-7,16H2,1H3,(H,37,38)/t26-/m0/s1. The highest BCUT2D eigenvalue weighted by Crippen LogP contribution is 2.45. The molecule has 0 amide bonds. The molecule has 0 radical (unpaired) electrons. The third kappa shape index (κ3) is 5.54. The smallest absolute Gasteiger partial charge is 0.416 e. The Balaban J connectivity index is 1.73. The molecule has 0 unspecified atom stereocenters. The van der Waals surface area contributed by atoms with E-state index in [0.717, 1.165) is 56.4 Å². The van der Waals surface area contributed by atoms with Crippen molar-refractivity contribution in [2.45, 2.75) is 49.2 Å². The van der Waals surface area contributed by atoms with Crippen molar-refractivity contribution in [1.82, 2.24) is 4.31 Å². The number of halogens is 5. The quantitative estimate of drug-likeness (QED) is 0.308. The summed E-state index contributed by atoms with van der Waals surface area (Å²) in [7, 11) is -2.72. The Labute approximate surface area is 240 Å². The molecule has 1 saturated carbocycles. The molecule has 1 atom stereocenters. The molecule has 0 spiro atoms. The predicted octanol–water partition coefficient (Wildman–Crippen LogP) is 7.58. The summed E-state index contributed by atoms with van der Waals surface area (Å²) < 4.78 is 84.7. The molecule has 1 N–H and O–H groups in total. The molecular formula is C29H27ClF4N2O4S. The molecule has 1 fully saturated rings. The molecule has 6 nitrogen and oxygen atoms in total. The average molecular weight is 611 g/mol. The molecular weight excluding hydrogens is 584 g/mol. The number of carbonyl (C=O) groups is 1. The van der Waals surface area contributed by atoms with E-state index in [1.54, 1.807) is 4.90 Å². The first-order valence-electron chi connectivity index (χ1n) is 13.1. The molecule has 1 heterocycles. The number of aromatic carboxylic acids is 1. The summed E-state index contributed by atoms with van der Waals surface area (Å²) in [5.74, 6) is -2.48. The van der Waals surface area contributed by atoms with Gasteiger partial charge >= 0.3 is 12.1 Å². The number of fused-ring (bicyclic) bond motifs is 1. The minimum absolute atomic E-state index is 0.00342. The number of hydrogen-bond donors (Lipinski definition) is 1. The number of anilines is 2. The van der Waals surface area contributed by atoms with E-state index in [1.807, 2.05) is 0 Å². The van der Waals surface area contributed by atoms with Crippen LogP contribution in [0.4, 0.5) is 28.9 Å². The summed E-state index contributed by atoms with van der Waals surface area (Å²) in [6, 6.07) is 10.1. The third-order valence-electron chi connectivity index (χ3n) is 8.02. The molecule has 5 rings (SSSR count). The van der Waals surface area contributed by atoms with Crippen LogP contribution in [0.15, 0.2) is 59.5 Å². The lowest BCUT2D eigenvalue weighted by atomic mass is 9.83. The Kier molecular flexibility index (Phi) is 7.82. The number of rotatable bonds is 4. The molecule has 0 bridgehead atoms. The summed E-state index contributed by atoms with van der Waals surface area (Å²) in [6.07, 6.45) is -0.141. The first-order valence-corrected chi connectivity index (χ1v) is 14.9. The lowest BCUT2D eigenvalue weighted by molar-refractivity contribution is -0.137. The second kappa shape index (κ2) is 10.9. The van der Waals surface area contributed by atoms with Crippen LogP contribution in [0.25, 0.3) is 11.1 Å². The third-order valence-corrected chi connectivity index (χ3v) is 10.2. The van der Waals surface area contributed by atoms with Crippen LogP contribution >= 0.6 is 11.6 Å². The van der Waals surface area contributed by atoms with Gasteiger partial charge in [-0.05, 0) is 66.8 Å². The molecule has 0 aromatic heterocycles. The molecule has 3 aromatic carbocycles. The van der Waals surface area contributed by atoms with Crippen LogP contribution in [-0.4, -0.2) is 43.4 Å². The van der Waals surface area contributed by atoms with Gasteiger partial charge in [0.25, 0.3) is 0 Å². The van der Waals surface area contributed by atoms with E-state index in [9.17, 15) is 35.9 Å². The number of nitrogens with zero attached hydrogens (tertiary/aromatic N) is 2. The van der Waals surface area contributed by atoms with Crippen LogP contribution in [0.1, 0.15) is 48.0 Å². The van der Waals surface area contributed by atoms with Gasteiger partial charge in [-0.3, -0.25) is 0 Å². The lowest BCUT2D eigenvalue weighted by Gasteiger charge is -2.37. The van der Waals surface area contributed by atoms with Gasteiger partial charge in [-0.25, -0.2) is 17.6 Å². The Bertz CT molecular complexity index is 1610. The van der Waals surface area contributed by atoms with E-state index in [0.29, 0.717) is 0 Å². The van der Waals surface area contributed by atoms with Crippen LogP contribution in [0, 0.1) is 11.7 Å². The Morgan fingerprint density at radius 3 is 2.39 bits per heavy atom. The van der Waals surface area contributed by atoms with Gasteiger partial charge < -0.3 is 10.0 Å². The topological polar surface area (TPSA) is 77.9 Å². The molecule has 3 aromatic rings. The Morgan fingerprint density at radius 2 is 1.73 bits per heavy atom. The molecule has 0 saturated heterocycles. The SMILES string of the molecule is CN1[C@H](C2CCCCC2)CN(c2cccc(C(F)(F)F)c2)c2cc(Cl)c(-c3ccc(F)c(C(=O)O)c3)cc2S1(=O)=O. The van der Waals surface area contributed by atoms with Crippen molar-refractivity contribution >= 4 is 39.0 Å². The molecule has 218 valence electrons. The highest BCUT2D eigenvalue weighted by atomic mass is 35.5. The van der Waals surface area contributed by atoms with Crippen LogP contribution in [-0.2, 0) is 16.2 Å². The lowest BCUT2D eigenvalue weighted by Crippen LogP contribution is -2.46. The van der Waals surface area contributed by atoms with E-state index in [1.165, 1.54) is 41.7 Å². The predicted molar refractivity (Wildman–Crippen MR) is 148 cm³/mol. The Hall–Kier alpha value is -3.15. The van der Waals surface area contributed by atoms with Crippen molar-refractivity contribution in [1.29, 1.82) is 0 Å². The summed E-state index contributed by atoms with van der Waals surface area (Å²) >= 11 is 6.64. The number of carboxylic acids is 1.